The zero-order valence-corrected chi connectivity index (χ0v) is 13.4. The van der Waals surface area contributed by atoms with E-state index in [0.717, 1.165) is 31.6 Å². The Morgan fingerprint density at radius 1 is 1.39 bits per heavy atom. The largest absolute Gasteiger partial charge is 0.467 e. The van der Waals surface area contributed by atoms with E-state index in [1.807, 2.05) is 13.0 Å². The fourth-order valence-electron chi connectivity index (χ4n) is 3.09. The highest BCUT2D eigenvalue weighted by Gasteiger charge is 2.41. The van der Waals surface area contributed by atoms with Crippen LogP contribution in [0.2, 0.25) is 0 Å². The van der Waals surface area contributed by atoms with Gasteiger partial charge in [-0.15, -0.1) is 0 Å². The second-order valence-electron chi connectivity index (χ2n) is 5.91. The molecule has 3 rings (SSSR count). The molecule has 7 heteroatoms. The fraction of sp³-hybridized carbons (Fsp3) is 0.625. The van der Waals surface area contributed by atoms with Crippen LogP contribution in [0.25, 0.3) is 0 Å². The molecule has 2 aliphatic heterocycles. The molecule has 0 saturated carbocycles. The van der Waals surface area contributed by atoms with Gasteiger partial charge in [0.25, 0.3) is 0 Å². The summed E-state index contributed by atoms with van der Waals surface area (Å²) in [7, 11) is 0. The lowest BCUT2D eigenvalue weighted by atomic mass is 9.96. The Hall–Kier alpha value is -2.02. The summed E-state index contributed by atoms with van der Waals surface area (Å²) in [5, 5.41) is 9.35. The second kappa shape index (κ2) is 7.50. The molecule has 2 saturated heterocycles. The Bertz CT molecular complexity index is 544. The van der Waals surface area contributed by atoms with Crippen LogP contribution in [0.15, 0.2) is 27.8 Å². The number of amides is 1. The van der Waals surface area contributed by atoms with Gasteiger partial charge < -0.3 is 25.1 Å². The number of fused-ring (bicyclic) bond motifs is 2. The lowest BCUT2D eigenvalue weighted by molar-refractivity contribution is -0.119. The summed E-state index contributed by atoms with van der Waals surface area (Å²) < 4.78 is 11.0. The fourth-order valence-corrected chi connectivity index (χ4v) is 3.09. The van der Waals surface area contributed by atoms with Gasteiger partial charge in [-0.25, -0.2) is 4.99 Å². The van der Waals surface area contributed by atoms with Crippen molar-refractivity contribution in [3.63, 3.8) is 0 Å². The van der Waals surface area contributed by atoms with Crippen molar-refractivity contribution in [2.45, 2.75) is 51.0 Å². The number of carbonyl (C=O) groups is 1. The van der Waals surface area contributed by atoms with Crippen molar-refractivity contribution in [1.29, 1.82) is 0 Å². The van der Waals surface area contributed by atoms with Crippen LogP contribution in [0.5, 0.6) is 0 Å². The van der Waals surface area contributed by atoms with Crippen LogP contribution in [-0.4, -0.2) is 43.2 Å². The van der Waals surface area contributed by atoms with Crippen LogP contribution in [0, 0.1) is 0 Å². The average molecular weight is 320 g/mol. The minimum atomic E-state index is -0.136. The highest BCUT2D eigenvalue weighted by molar-refractivity contribution is 5.85. The summed E-state index contributed by atoms with van der Waals surface area (Å²) in [6.45, 7) is 3.22. The molecule has 2 fully saturated rings. The van der Waals surface area contributed by atoms with Gasteiger partial charge in [-0.05, 0) is 38.3 Å². The summed E-state index contributed by atoms with van der Waals surface area (Å²) in [5.74, 6) is 1.26. The van der Waals surface area contributed by atoms with Crippen LogP contribution in [0.4, 0.5) is 0 Å². The van der Waals surface area contributed by atoms with E-state index in [0.29, 0.717) is 18.6 Å². The van der Waals surface area contributed by atoms with Crippen molar-refractivity contribution >= 4 is 11.9 Å². The Morgan fingerprint density at radius 3 is 2.96 bits per heavy atom. The first-order chi connectivity index (χ1) is 11.2. The quantitative estimate of drug-likeness (QED) is 0.532. The van der Waals surface area contributed by atoms with Gasteiger partial charge in [0.15, 0.2) is 5.96 Å². The molecule has 126 valence electrons. The number of ether oxygens (including phenoxy) is 1. The summed E-state index contributed by atoms with van der Waals surface area (Å²) in [5.41, 5.74) is 0. The molecule has 3 unspecified atom stereocenters. The van der Waals surface area contributed by atoms with Gasteiger partial charge in [0.1, 0.15) is 12.3 Å². The van der Waals surface area contributed by atoms with E-state index in [4.69, 9.17) is 9.15 Å². The van der Waals surface area contributed by atoms with E-state index in [1.165, 1.54) is 0 Å². The van der Waals surface area contributed by atoms with Gasteiger partial charge in [-0.3, -0.25) is 4.79 Å². The Labute approximate surface area is 135 Å². The van der Waals surface area contributed by atoms with Crippen LogP contribution in [0.3, 0.4) is 0 Å². The molecule has 7 nitrogen and oxygen atoms in total. The smallest absolute Gasteiger partial charge is 0.242 e. The number of guanidine groups is 1. The predicted molar refractivity (Wildman–Crippen MR) is 86.0 cm³/mol. The zero-order valence-electron chi connectivity index (χ0n) is 13.4. The molecule has 0 aromatic carbocycles. The van der Waals surface area contributed by atoms with Crippen molar-refractivity contribution in [2.24, 2.45) is 4.99 Å². The first-order valence-electron chi connectivity index (χ1n) is 8.24. The Kier molecular flexibility index (Phi) is 5.17. The first kappa shape index (κ1) is 15.9. The minimum Gasteiger partial charge on any atom is -0.467 e. The van der Waals surface area contributed by atoms with E-state index in [2.05, 4.69) is 20.9 Å². The number of nitrogens with one attached hydrogen (secondary N) is 3. The lowest BCUT2D eigenvalue weighted by Gasteiger charge is -2.22. The maximum atomic E-state index is 11.9. The molecule has 1 amide bonds. The molecule has 1 aromatic heterocycles. The number of rotatable bonds is 6. The molecule has 0 aliphatic carbocycles. The average Bonchev–Trinajstić information content (AvgIpc) is 3.28. The highest BCUT2D eigenvalue weighted by atomic mass is 16.5. The van der Waals surface area contributed by atoms with Gasteiger partial charge in [-0.1, -0.05) is 0 Å². The minimum absolute atomic E-state index is 0.0811. The monoisotopic (exact) mass is 320 g/mol. The summed E-state index contributed by atoms with van der Waals surface area (Å²) in [6, 6.07) is 3.91. The number of carbonyl (C=O) groups excluding carboxylic acids is 1. The van der Waals surface area contributed by atoms with E-state index in [1.54, 1.807) is 12.3 Å². The predicted octanol–water partition coefficient (Wildman–Crippen LogP) is 0.771. The molecular formula is C16H24N4O3. The topological polar surface area (TPSA) is 87.9 Å². The van der Waals surface area contributed by atoms with Crippen LogP contribution < -0.4 is 16.0 Å². The molecule has 1 aromatic rings. The Morgan fingerprint density at radius 2 is 2.30 bits per heavy atom. The van der Waals surface area contributed by atoms with Gasteiger partial charge >= 0.3 is 0 Å². The SMILES string of the molecule is CCNC(=NCC(=O)NCc1ccco1)NC1CC2CCC1O2. The maximum absolute atomic E-state index is 11.9. The number of furan rings is 1. The van der Waals surface area contributed by atoms with Crippen molar-refractivity contribution in [3.05, 3.63) is 24.2 Å². The van der Waals surface area contributed by atoms with E-state index in [-0.39, 0.29) is 24.6 Å². The molecule has 3 atom stereocenters. The number of hydrogen-bond donors (Lipinski definition) is 3. The van der Waals surface area contributed by atoms with Gasteiger partial charge in [0.2, 0.25) is 5.91 Å². The number of nitrogens with zero attached hydrogens (tertiary/aromatic N) is 1. The third-order valence-corrected chi connectivity index (χ3v) is 4.19. The van der Waals surface area contributed by atoms with Gasteiger partial charge in [-0.2, -0.15) is 0 Å². The third kappa shape index (κ3) is 4.25. The third-order valence-electron chi connectivity index (χ3n) is 4.19. The normalized spacial score (nSPS) is 26.3. The number of aliphatic imine (C=N–C) groups is 1. The van der Waals surface area contributed by atoms with Crippen LogP contribution in [-0.2, 0) is 16.1 Å². The van der Waals surface area contributed by atoms with Gasteiger partial charge in [0, 0.05) is 6.54 Å². The molecular weight excluding hydrogens is 296 g/mol. The van der Waals surface area contributed by atoms with Gasteiger partial charge in [0.05, 0.1) is 31.1 Å². The molecule has 2 bridgehead atoms. The van der Waals surface area contributed by atoms with E-state index in [9.17, 15) is 4.79 Å². The van der Waals surface area contributed by atoms with Crippen molar-refractivity contribution in [1.82, 2.24) is 16.0 Å². The van der Waals surface area contributed by atoms with Crippen LogP contribution in [0.1, 0.15) is 31.9 Å². The summed E-state index contributed by atoms with van der Waals surface area (Å²) in [4.78, 5) is 16.2. The molecule has 3 N–H and O–H groups in total. The zero-order chi connectivity index (χ0) is 16.1. The molecule has 3 heterocycles. The highest BCUT2D eigenvalue weighted by Crippen LogP contribution is 2.34. The lowest BCUT2D eigenvalue weighted by Crippen LogP contribution is -2.47. The van der Waals surface area contributed by atoms with Crippen molar-refractivity contribution in [2.75, 3.05) is 13.1 Å². The first-order valence-corrected chi connectivity index (χ1v) is 8.24. The van der Waals surface area contributed by atoms with Crippen LogP contribution >= 0.6 is 0 Å². The second-order valence-corrected chi connectivity index (χ2v) is 5.91. The van der Waals surface area contributed by atoms with Crippen molar-refractivity contribution < 1.29 is 13.9 Å². The van der Waals surface area contributed by atoms with E-state index >= 15 is 0 Å². The number of hydrogen-bond acceptors (Lipinski definition) is 4. The van der Waals surface area contributed by atoms with Crippen molar-refractivity contribution in [3.8, 4) is 0 Å². The maximum Gasteiger partial charge on any atom is 0.242 e. The van der Waals surface area contributed by atoms with E-state index < -0.39 is 0 Å². The molecule has 0 spiro atoms. The Balaban J connectivity index is 1.46. The standard InChI is InChI=1S/C16H24N4O3/c1-2-17-16(20-13-8-11-5-6-14(13)23-11)19-10-15(21)18-9-12-4-3-7-22-12/h3-4,7,11,13-14H,2,5-6,8-10H2,1H3,(H,18,21)(H2,17,19,20). The molecule has 2 aliphatic rings. The molecule has 23 heavy (non-hydrogen) atoms. The summed E-state index contributed by atoms with van der Waals surface area (Å²) in [6.07, 6.45) is 5.52. The summed E-state index contributed by atoms with van der Waals surface area (Å²) >= 11 is 0. The molecule has 0 radical (unpaired) electrons.